The van der Waals surface area contributed by atoms with E-state index in [2.05, 4.69) is 0 Å². The van der Waals surface area contributed by atoms with E-state index in [-0.39, 0.29) is 24.1 Å². The Bertz CT molecular complexity index is 425. The van der Waals surface area contributed by atoms with E-state index < -0.39 is 10.0 Å². The van der Waals surface area contributed by atoms with Gasteiger partial charge in [-0.1, -0.05) is 0 Å². The Labute approximate surface area is 116 Å². The summed E-state index contributed by atoms with van der Waals surface area (Å²) in [6.45, 7) is 9.29. The molecule has 0 aromatic carbocycles. The molecule has 110 valence electrons. The third-order valence-electron chi connectivity index (χ3n) is 4.62. The molecule has 0 N–H and O–H groups in total. The molecule has 0 radical (unpaired) electrons. The largest absolute Gasteiger partial charge is 0.461 e. The van der Waals surface area contributed by atoms with Crippen LogP contribution >= 0.6 is 0 Å². The lowest BCUT2D eigenvalue weighted by Crippen LogP contribution is -2.41. The maximum atomic E-state index is 11.5. The Morgan fingerprint density at radius 3 is 1.84 bits per heavy atom. The fraction of sp³-hybridized carbons (Fsp3) is 1.00. The number of nitrogens with zero attached hydrogens (tertiary/aromatic N) is 1. The van der Waals surface area contributed by atoms with Gasteiger partial charge < -0.3 is 9.31 Å². The molecule has 0 bridgehead atoms. The number of hydrogen-bond acceptors (Lipinski definition) is 4. The minimum atomic E-state index is -3.07. The second-order valence-corrected chi connectivity index (χ2v) is 8.61. The summed E-state index contributed by atoms with van der Waals surface area (Å²) in [7, 11) is -3.28. The molecular formula is C12H24BNO4S. The van der Waals surface area contributed by atoms with Gasteiger partial charge in [0.25, 0.3) is 0 Å². The van der Waals surface area contributed by atoms with Crippen LogP contribution in [0.15, 0.2) is 0 Å². The van der Waals surface area contributed by atoms with Crippen molar-refractivity contribution in [1.29, 1.82) is 0 Å². The van der Waals surface area contributed by atoms with Gasteiger partial charge in [0.05, 0.1) is 17.5 Å². The molecule has 2 fully saturated rings. The third-order valence-corrected chi connectivity index (χ3v) is 5.93. The molecule has 19 heavy (non-hydrogen) atoms. The van der Waals surface area contributed by atoms with Gasteiger partial charge in [0.15, 0.2) is 0 Å². The molecular weight excluding hydrogens is 265 g/mol. The number of sulfonamides is 1. The van der Waals surface area contributed by atoms with Crippen LogP contribution in [0.4, 0.5) is 0 Å². The Hall–Kier alpha value is -0.105. The van der Waals surface area contributed by atoms with Crippen molar-refractivity contribution in [2.45, 2.75) is 57.6 Å². The zero-order valence-electron chi connectivity index (χ0n) is 12.5. The minimum absolute atomic E-state index is 0.216. The van der Waals surface area contributed by atoms with Crippen LogP contribution in [0.2, 0.25) is 5.82 Å². The SMILES string of the molecule is CC1(C)OB(C2CCN(S(C)(=O)=O)CC2)OC1(C)C. The average molecular weight is 289 g/mol. The summed E-state index contributed by atoms with van der Waals surface area (Å²) < 4.78 is 36.6. The summed E-state index contributed by atoms with van der Waals surface area (Å²) in [5.74, 6) is 0.277. The summed E-state index contributed by atoms with van der Waals surface area (Å²) in [5, 5.41) is 0. The molecule has 2 saturated heterocycles. The van der Waals surface area contributed by atoms with Gasteiger partial charge in [-0.3, -0.25) is 0 Å². The smallest absolute Gasteiger partial charge is 0.403 e. The van der Waals surface area contributed by atoms with Crippen molar-refractivity contribution in [2.75, 3.05) is 19.3 Å². The minimum Gasteiger partial charge on any atom is -0.403 e. The zero-order chi connectivity index (χ0) is 14.5. The van der Waals surface area contributed by atoms with Gasteiger partial charge in [-0.2, -0.15) is 0 Å². The highest BCUT2D eigenvalue weighted by atomic mass is 32.2. The highest BCUT2D eigenvalue weighted by Crippen LogP contribution is 2.42. The second-order valence-electron chi connectivity index (χ2n) is 6.62. The predicted octanol–water partition coefficient (Wildman–Crippen LogP) is 1.50. The second kappa shape index (κ2) is 4.72. The maximum Gasteiger partial charge on any atom is 0.461 e. The Kier molecular flexibility index (Phi) is 3.80. The van der Waals surface area contributed by atoms with Gasteiger partial charge in [0, 0.05) is 13.1 Å². The van der Waals surface area contributed by atoms with E-state index in [0.29, 0.717) is 13.1 Å². The molecule has 2 aliphatic rings. The van der Waals surface area contributed by atoms with E-state index in [0.717, 1.165) is 12.8 Å². The molecule has 0 atom stereocenters. The molecule has 0 aliphatic carbocycles. The van der Waals surface area contributed by atoms with Crippen molar-refractivity contribution in [3.05, 3.63) is 0 Å². The first-order valence-corrected chi connectivity index (χ1v) is 8.68. The lowest BCUT2D eigenvalue weighted by Gasteiger charge is -2.32. The van der Waals surface area contributed by atoms with Gasteiger partial charge in [0.2, 0.25) is 10.0 Å². The standard InChI is InChI=1S/C12H24BNO4S/c1-11(2)12(3,4)18-13(17-11)10-6-8-14(9-7-10)19(5,15)16/h10H,6-9H2,1-5H3. The van der Waals surface area contributed by atoms with Crippen LogP contribution in [0.1, 0.15) is 40.5 Å². The van der Waals surface area contributed by atoms with Crippen molar-refractivity contribution < 1.29 is 17.7 Å². The number of rotatable bonds is 2. The van der Waals surface area contributed by atoms with E-state index in [4.69, 9.17) is 9.31 Å². The number of hydrogen-bond donors (Lipinski definition) is 0. The third kappa shape index (κ3) is 2.99. The van der Waals surface area contributed by atoms with E-state index in [1.54, 1.807) is 0 Å². The van der Waals surface area contributed by atoms with Crippen molar-refractivity contribution >= 4 is 17.1 Å². The van der Waals surface area contributed by atoms with Crippen LogP contribution in [0, 0.1) is 0 Å². The summed E-state index contributed by atoms with van der Waals surface area (Å²) in [5.41, 5.74) is -0.628. The summed E-state index contributed by atoms with van der Waals surface area (Å²) in [6.07, 6.45) is 2.86. The topological polar surface area (TPSA) is 55.8 Å². The lowest BCUT2D eigenvalue weighted by molar-refractivity contribution is 0.00578. The van der Waals surface area contributed by atoms with E-state index in [9.17, 15) is 8.42 Å². The van der Waals surface area contributed by atoms with Crippen LogP contribution in [0.25, 0.3) is 0 Å². The monoisotopic (exact) mass is 289 g/mol. The summed E-state index contributed by atoms with van der Waals surface area (Å²) in [4.78, 5) is 0. The molecule has 0 amide bonds. The first-order valence-electron chi connectivity index (χ1n) is 6.84. The Morgan fingerprint density at radius 2 is 1.47 bits per heavy atom. The fourth-order valence-corrected chi connectivity index (χ4v) is 3.43. The molecule has 7 heteroatoms. The van der Waals surface area contributed by atoms with Crippen LogP contribution in [0.3, 0.4) is 0 Å². The van der Waals surface area contributed by atoms with Crippen LogP contribution < -0.4 is 0 Å². The molecule has 0 aromatic heterocycles. The van der Waals surface area contributed by atoms with Crippen molar-refractivity contribution in [3.63, 3.8) is 0 Å². The van der Waals surface area contributed by atoms with E-state index in [1.165, 1.54) is 10.6 Å². The van der Waals surface area contributed by atoms with Gasteiger partial charge in [-0.05, 0) is 46.4 Å². The lowest BCUT2D eigenvalue weighted by atomic mass is 9.67. The molecule has 5 nitrogen and oxygen atoms in total. The van der Waals surface area contributed by atoms with Gasteiger partial charge >= 0.3 is 7.12 Å². The Balaban J connectivity index is 1.97. The molecule has 0 spiro atoms. The summed E-state index contributed by atoms with van der Waals surface area (Å²) >= 11 is 0. The first kappa shape index (κ1) is 15.3. The van der Waals surface area contributed by atoms with Gasteiger partial charge in [-0.25, -0.2) is 12.7 Å². The highest BCUT2D eigenvalue weighted by molar-refractivity contribution is 7.88. The highest BCUT2D eigenvalue weighted by Gasteiger charge is 2.54. The van der Waals surface area contributed by atoms with Gasteiger partial charge in [-0.15, -0.1) is 0 Å². The van der Waals surface area contributed by atoms with Crippen molar-refractivity contribution in [2.24, 2.45) is 0 Å². The van der Waals surface area contributed by atoms with Crippen molar-refractivity contribution in [3.8, 4) is 0 Å². The van der Waals surface area contributed by atoms with Gasteiger partial charge in [0.1, 0.15) is 0 Å². The molecule has 0 unspecified atom stereocenters. The first-order chi connectivity index (χ1) is 8.53. The quantitative estimate of drug-likeness (QED) is 0.723. The van der Waals surface area contributed by atoms with Crippen LogP contribution in [0.5, 0.6) is 0 Å². The molecule has 0 saturated carbocycles. The molecule has 2 heterocycles. The Morgan fingerprint density at radius 1 is 1.05 bits per heavy atom. The zero-order valence-corrected chi connectivity index (χ0v) is 13.3. The van der Waals surface area contributed by atoms with Crippen LogP contribution in [-0.4, -0.2) is 50.4 Å². The predicted molar refractivity (Wildman–Crippen MR) is 75.5 cm³/mol. The van der Waals surface area contributed by atoms with E-state index >= 15 is 0 Å². The maximum absolute atomic E-state index is 11.5. The molecule has 2 rings (SSSR count). The normalized spacial score (nSPS) is 28.8. The number of piperidine rings is 1. The molecule has 0 aromatic rings. The molecule has 2 aliphatic heterocycles. The van der Waals surface area contributed by atoms with Crippen molar-refractivity contribution in [1.82, 2.24) is 4.31 Å². The fourth-order valence-electron chi connectivity index (χ4n) is 2.56. The van der Waals surface area contributed by atoms with E-state index in [1.807, 2.05) is 27.7 Å². The van der Waals surface area contributed by atoms with Crippen LogP contribution in [-0.2, 0) is 19.3 Å². The average Bonchev–Trinajstić information content (AvgIpc) is 2.47. The summed E-state index contributed by atoms with van der Waals surface area (Å²) in [6, 6.07) is 0.